The van der Waals surface area contributed by atoms with Gasteiger partial charge in [-0.25, -0.2) is 13.6 Å². The molecule has 108 valence electrons. The molecule has 2 heterocycles. The molecule has 0 saturated carbocycles. The van der Waals surface area contributed by atoms with E-state index in [9.17, 15) is 18.7 Å². The predicted molar refractivity (Wildman–Crippen MR) is 65.6 cm³/mol. The molecule has 2 rings (SSSR count). The van der Waals surface area contributed by atoms with Gasteiger partial charge in [0, 0.05) is 6.20 Å². The number of alkyl halides is 2. The van der Waals surface area contributed by atoms with Crippen LogP contribution in [0.3, 0.4) is 0 Å². The molecule has 1 aromatic rings. The molecule has 0 amide bonds. The Bertz CT molecular complexity index is 684. The van der Waals surface area contributed by atoms with Crippen LogP contribution in [-0.2, 0) is 4.74 Å². The van der Waals surface area contributed by atoms with Crippen LogP contribution in [0.2, 0.25) is 0 Å². The van der Waals surface area contributed by atoms with Crippen molar-refractivity contribution in [3.8, 4) is 12.3 Å². The molecule has 1 aliphatic rings. The number of rotatable bonds is 2. The Morgan fingerprint density at radius 1 is 1.65 bits per heavy atom. The number of H-pyrrole nitrogens is 1. The molecule has 0 aromatic carbocycles. The quantitative estimate of drug-likeness (QED) is 0.520. The van der Waals surface area contributed by atoms with Crippen molar-refractivity contribution in [1.82, 2.24) is 9.55 Å². The summed E-state index contributed by atoms with van der Waals surface area (Å²) in [7, 11) is 0. The van der Waals surface area contributed by atoms with E-state index in [2.05, 4.69) is 9.72 Å². The summed E-state index contributed by atoms with van der Waals surface area (Å²) in [6, 6.07) is 1.24. The largest absolute Gasteiger partial charge is 0.390 e. The Balaban J connectivity index is 2.59. The maximum Gasteiger partial charge on any atom is 0.328 e. The maximum absolute atomic E-state index is 14.6. The topological polar surface area (TPSA) is 87.5 Å². The van der Waals surface area contributed by atoms with Gasteiger partial charge in [0.05, 0.1) is 0 Å². The summed E-state index contributed by atoms with van der Waals surface area (Å²) in [6.45, 7) is -1.32. The lowest BCUT2D eigenvalue weighted by Crippen LogP contribution is -2.47. The summed E-state index contributed by atoms with van der Waals surface area (Å²) in [6.07, 6.45) is 1.63. The van der Waals surface area contributed by atoms with Crippen LogP contribution >= 0.6 is 12.2 Å². The first kappa shape index (κ1) is 14.8. The van der Waals surface area contributed by atoms with E-state index >= 15 is 0 Å². The van der Waals surface area contributed by atoms with Crippen LogP contribution in [0.1, 0.15) is 6.23 Å². The predicted octanol–water partition coefficient (Wildman–Crippen LogP) is -0.205. The van der Waals surface area contributed by atoms with Crippen molar-refractivity contribution < 1.29 is 23.7 Å². The molecule has 20 heavy (non-hydrogen) atoms. The van der Waals surface area contributed by atoms with Crippen molar-refractivity contribution in [3.05, 3.63) is 27.4 Å². The number of nitrogens with one attached hydrogen (secondary N) is 1. The zero-order valence-corrected chi connectivity index (χ0v) is 10.7. The highest BCUT2D eigenvalue weighted by Gasteiger charge is 2.66. The Morgan fingerprint density at radius 3 is 2.80 bits per heavy atom. The average molecular weight is 304 g/mol. The number of aliphatic hydroxyl groups is 2. The van der Waals surface area contributed by atoms with Crippen molar-refractivity contribution in [3.63, 3.8) is 0 Å². The van der Waals surface area contributed by atoms with Crippen LogP contribution in [0.15, 0.2) is 17.1 Å². The molecule has 4 atom stereocenters. The van der Waals surface area contributed by atoms with Gasteiger partial charge in [-0.15, -0.1) is 6.42 Å². The van der Waals surface area contributed by atoms with Crippen LogP contribution in [0.4, 0.5) is 8.78 Å². The van der Waals surface area contributed by atoms with E-state index in [0.717, 1.165) is 6.20 Å². The molecule has 1 aliphatic heterocycles. The van der Waals surface area contributed by atoms with E-state index in [0.29, 0.717) is 4.57 Å². The molecule has 0 radical (unpaired) electrons. The van der Waals surface area contributed by atoms with Crippen molar-refractivity contribution in [2.75, 3.05) is 6.61 Å². The first-order chi connectivity index (χ1) is 9.28. The van der Waals surface area contributed by atoms with E-state index in [1.165, 1.54) is 6.07 Å². The molecule has 0 bridgehead atoms. The van der Waals surface area contributed by atoms with Gasteiger partial charge in [-0.1, -0.05) is 18.1 Å². The van der Waals surface area contributed by atoms with Crippen LogP contribution in [-0.4, -0.2) is 44.0 Å². The molecular weight excluding hydrogens is 294 g/mol. The summed E-state index contributed by atoms with van der Waals surface area (Å²) >= 11 is 4.70. The van der Waals surface area contributed by atoms with Gasteiger partial charge >= 0.3 is 5.69 Å². The number of aliphatic hydroxyl groups excluding tert-OH is 2. The minimum Gasteiger partial charge on any atom is -0.390 e. The van der Waals surface area contributed by atoms with E-state index in [1.807, 2.05) is 0 Å². The summed E-state index contributed by atoms with van der Waals surface area (Å²) in [5.41, 5.74) is -3.92. The molecule has 0 spiro atoms. The number of hydrogen-bond donors (Lipinski definition) is 3. The van der Waals surface area contributed by atoms with E-state index in [-0.39, 0.29) is 4.64 Å². The highest BCUT2D eigenvalue weighted by molar-refractivity contribution is 7.71. The van der Waals surface area contributed by atoms with Gasteiger partial charge in [-0.3, -0.25) is 9.55 Å². The highest BCUT2D eigenvalue weighted by atomic mass is 32.1. The third kappa shape index (κ3) is 1.97. The van der Waals surface area contributed by atoms with Crippen molar-refractivity contribution in [1.29, 1.82) is 0 Å². The fraction of sp³-hybridized carbons (Fsp3) is 0.455. The Labute approximate surface area is 116 Å². The SMILES string of the molecule is C#CC1(F)[C@@H](O)[C@@](F)(CO)O[C@H]1n1ccc(=S)[nH]c1=O. The number of nitrogens with zero attached hydrogens (tertiary/aromatic N) is 1. The zero-order valence-electron chi connectivity index (χ0n) is 9.92. The number of ether oxygens (including phenoxy) is 1. The van der Waals surface area contributed by atoms with Crippen LogP contribution in [0.25, 0.3) is 0 Å². The number of aromatic amines is 1. The van der Waals surface area contributed by atoms with Crippen molar-refractivity contribution in [2.45, 2.75) is 23.9 Å². The van der Waals surface area contributed by atoms with Gasteiger partial charge in [0.2, 0.25) is 5.67 Å². The summed E-state index contributed by atoms with van der Waals surface area (Å²) in [5, 5.41) is 18.5. The Hall–Kier alpha value is -1.60. The lowest BCUT2D eigenvalue weighted by atomic mass is 9.96. The normalized spacial score (nSPS) is 36.8. The molecular formula is C11H10F2N2O4S. The van der Waals surface area contributed by atoms with E-state index in [4.69, 9.17) is 23.7 Å². The first-order valence-electron chi connectivity index (χ1n) is 5.42. The van der Waals surface area contributed by atoms with Crippen LogP contribution in [0, 0.1) is 17.0 Å². The standard InChI is InChI=1S/C11H10F2N2O4S/c1-2-10(12)7(17)11(13,5-16)19-8(10)15-4-3-6(20)14-9(15)18/h1,3-4,7-8,16-17H,5H2,(H,14,18,20)/t7-,8-,10?,11-/m1/s1. The minimum absolute atomic E-state index is 0.0728. The van der Waals surface area contributed by atoms with Crippen LogP contribution in [0.5, 0.6) is 0 Å². The molecule has 1 aromatic heterocycles. The Morgan fingerprint density at radius 2 is 2.30 bits per heavy atom. The lowest BCUT2D eigenvalue weighted by Gasteiger charge is -2.23. The highest BCUT2D eigenvalue weighted by Crippen LogP contribution is 2.46. The Kier molecular flexibility index (Phi) is 3.51. The second kappa shape index (κ2) is 4.75. The molecule has 3 N–H and O–H groups in total. The summed E-state index contributed by atoms with van der Waals surface area (Å²) in [4.78, 5) is 13.9. The van der Waals surface area contributed by atoms with Gasteiger partial charge < -0.3 is 14.9 Å². The molecule has 9 heteroatoms. The fourth-order valence-electron chi connectivity index (χ4n) is 1.93. The van der Waals surface area contributed by atoms with Gasteiger partial charge in [0.1, 0.15) is 11.2 Å². The smallest absolute Gasteiger partial charge is 0.328 e. The number of terminal acetylenes is 1. The second-order valence-electron chi connectivity index (χ2n) is 4.25. The number of aromatic nitrogens is 2. The number of hydrogen-bond acceptors (Lipinski definition) is 5. The lowest BCUT2D eigenvalue weighted by molar-refractivity contribution is -0.207. The average Bonchev–Trinajstić information content (AvgIpc) is 2.62. The maximum atomic E-state index is 14.6. The molecule has 1 saturated heterocycles. The van der Waals surface area contributed by atoms with E-state index < -0.39 is 36.2 Å². The number of halogens is 2. The minimum atomic E-state index is -3.11. The monoisotopic (exact) mass is 304 g/mol. The zero-order chi connectivity index (χ0) is 15.1. The third-order valence-corrected chi connectivity index (χ3v) is 3.25. The molecule has 1 unspecified atom stereocenters. The second-order valence-corrected chi connectivity index (χ2v) is 4.69. The summed E-state index contributed by atoms with van der Waals surface area (Å²) < 4.78 is 34.0. The molecule has 1 fully saturated rings. The fourth-order valence-corrected chi connectivity index (χ4v) is 2.08. The van der Waals surface area contributed by atoms with Crippen molar-refractivity contribution in [2.24, 2.45) is 0 Å². The molecule has 0 aliphatic carbocycles. The van der Waals surface area contributed by atoms with Gasteiger partial charge in [0.15, 0.2) is 12.3 Å². The van der Waals surface area contributed by atoms with E-state index in [1.54, 1.807) is 5.92 Å². The van der Waals surface area contributed by atoms with Gasteiger partial charge in [-0.05, 0) is 6.07 Å². The van der Waals surface area contributed by atoms with Gasteiger partial charge in [-0.2, -0.15) is 0 Å². The van der Waals surface area contributed by atoms with Gasteiger partial charge in [0.25, 0.3) is 5.85 Å². The molecule has 6 nitrogen and oxygen atoms in total. The summed E-state index contributed by atoms with van der Waals surface area (Å²) in [5.74, 6) is -1.54. The first-order valence-corrected chi connectivity index (χ1v) is 5.83. The van der Waals surface area contributed by atoms with Crippen molar-refractivity contribution >= 4 is 12.2 Å². The third-order valence-electron chi connectivity index (χ3n) is 3.01. The van der Waals surface area contributed by atoms with Crippen LogP contribution < -0.4 is 5.69 Å².